The fourth-order valence-corrected chi connectivity index (χ4v) is 3.72. The molecule has 0 aromatic carbocycles. The van der Waals surface area contributed by atoms with Gasteiger partial charge in [-0.1, -0.05) is 19.8 Å². The molecule has 1 unspecified atom stereocenters. The number of methoxy groups -OCH3 is 1. The third-order valence-corrected chi connectivity index (χ3v) is 5.30. The Labute approximate surface area is 162 Å². The third kappa shape index (κ3) is 9.64. The van der Waals surface area contributed by atoms with Crippen molar-refractivity contribution in [3.05, 3.63) is 0 Å². The number of nitrogens with zero attached hydrogens (tertiary/aromatic N) is 2. The summed E-state index contributed by atoms with van der Waals surface area (Å²) in [6.45, 7) is 5.39. The van der Waals surface area contributed by atoms with E-state index in [0.29, 0.717) is 6.42 Å². The van der Waals surface area contributed by atoms with E-state index in [0.717, 1.165) is 56.5 Å². The van der Waals surface area contributed by atoms with Crippen molar-refractivity contribution in [3.8, 4) is 0 Å². The van der Waals surface area contributed by atoms with Crippen molar-refractivity contribution in [2.24, 2.45) is 4.99 Å². The molecule has 0 aliphatic carbocycles. The molecule has 0 spiro atoms. The van der Waals surface area contributed by atoms with Crippen LogP contribution >= 0.6 is 35.7 Å². The summed E-state index contributed by atoms with van der Waals surface area (Å²) in [5, 5.41) is 4.20. The molecule has 1 atom stereocenters. The van der Waals surface area contributed by atoms with Crippen molar-refractivity contribution in [1.29, 1.82) is 0 Å². The molecule has 7 heteroatoms. The molecular formula is C16H32IN3O2S. The van der Waals surface area contributed by atoms with E-state index < -0.39 is 0 Å². The predicted octanol–water partition coefficient (Wildman–Crippen LogP) is 3.13. The van der Waals surface area contributed by atoms with E-state index in [-0.39, 0.29) is 29.9 Å². The molecule has 1 fully saturated rings. The molecule has 23 heavy (non-hydrogen) atoms. The Kier molecular flexibility index (Phi) is 14.1. The molecule has 0 aromatic rings. The van der Waals surface area contributed by atoms with Gasteiger partial charge in [-0.2, -0.15) is 11.8 Å². The number of guanidine groups is 1. The number of hydrogen-bond acceptors (Lipinski definition) is 4. The van der Waals surface area contributed by atoms with Crippen LogP contribution in [0.5, 0.6) is 0 Å². The van der Waals surface area contributed by atoms with Gasteiger partial charge >= 0.3 is 5.97 Å². The summed E-state index contributed by atoms with van der Waals surface area (Å²) in [5.74, 6) is 2.12. The summed E-state index contributed by atoms with van der Waals surface area (Å²) in [6.07, 6.45) is 6.00. The maximum absolute atomic E-state index is 11.0. The molecule has 1 saturated heterocycles. The first kappa shape index (κ1) is 22.8. The minimum atomic E-state index is -0.105. The van der Waals surface area contributed by atoms with Crippen LogP contribution < -0.4 is 5.32 Å². The quantitative estimate of drug-likeness (QED) is 0.200. The normalized spacial score (nSPS) is 18.3. The number of halogens is 1. The maximum atomic E-state index is 11.0. The monoisotopic (exact) mass is 457 g/mol. The van der Waals surface area contributed by atoms with Gasteiger partial charge in [-0.3, -0.25) is 9.79 Å². The standard InChI is InChI=1S/C16H31N3O2S.HI/c1-4-14-13-19(11-12-22-14)16(17-2)18-10-8-6-5-7-9-15(20)21-3;/h14H,4-13H2,1-3H3,(H,17,18);1H. The zero-order chi connectivity index (χ0) is 16.2. The topological polar surface area (TPSA) is 53.9 Å². The van der Waals surface area contributed by atoms with Crippen LogP contribution in [0.15, 0.2) is 4.99 Å². The number of esters is 1. The Morgan fingerprint density at radius 1 is 1.35 bits per heavy atom. The lowest BCUT2D eigenvalue weighted by molar-refractivity contribution is -0.140. The van der Waals surface area contributed by atoms with E-state index in [1.165, 1.54) is 19.3 Å². The summed E-state index contributed by atoms with van der Waals surface area (Å²) in [7, 11) is 3.31. The number of unbranched alkanes of at least 4 members (excludes halogenated alkanes) is 3. The van der Waals surface area contributed by atoms with E-state index in [4.69, 9.17) is 0 Å². The molecule has 1 N–H and O–H groups in total. The lowest BCUT2D eigenvalue weighted by Gasteiger charge is -2.34. The molecule has 0 bridgehead atoms. The van der Waals surface area contributed by atoms with Gasteiger partial charge in [0.2, 0.25) is 0 Å². The molecule has 1 aliphatic rings. The summed E-state index contributed by atoms with van der Waals surface area (Å²) >= 11 is 2.07. The maximum Gasteiger partial charge on any atom is 0.305 e. The lowest BCUT2D eigenvalue weighted by atomic mass is 10.1. The smallest absolute Gasteiger partial charge is 0.305 e. The van der Waals surface area contributed by atoms with Crippen molar-refractivity contribution >= 4 is 47.7 Å². The van der Waals surface area contributed by atoms with E-state index in [1.54, 1.807) is 0 Å². The van der Waals surface area contributed by atoms with Crippen molar-refractivity contribution in [3.63, 3.8) is 0 Å². The van der Waals surface area contributed by atoms with Gasteiger partial charge in [-0.05, 0) is 19.3 Å². The third-order valence-electron chi connectivity index (χ3n) is 3.92. The highest BCUT2D eigenvalue weighted by atomic mass is 127. The largest absolute Gasteiger partial charge is 0.469 e. The fraction of sp³-hybridized carbons (Fsp3) is 0.875. The summed E-state index contributed by atoms with van der Waals surface area (Å²) in [6, 6.07) is 0. The number of aliphatic imine (C=N–C) groups is 1. The van der Waals surface area contributed by atoms with Gasteiger partial charge in [-0.15, -0.1) is 24.0 Å². The van der Waals surface area contributed by atoms with Crippen LogP contribution in [0.25, 0.3) is 0 Å². The molecular weight excluding hydrogens is 425 g/mol. The molecule has 0 radical (unpaired) electrons. The molecule has 1 rings (SSSR count). The number of ether oxygens (including phenoxy) is 1. The Hall–Kier alpha value is -0.180. The van der Waals surface area contributed by atoms with Crippen LogP contribution in [0.4, 0.5) is 0 Å². The van der Waals surface area contributed by atoms with Gasteiger partial charge in [0.15, 0.2) is 5.96 Å². The average Bonchev–Trinajstić information content (AvgIpc) is 2.57. The number of thioether (sulfide) groups is 1. The lowest BCUT2D eigenvalue weighted by Crippen LogP contribution is -2.48. The second-order valence-corrected chi connectivity index (χ2v) is 6.97. The summed E-state index contributed by atoms with van der Waals surface area (Å²) in [4.78, 5) is 17.8. The van der Waals surface area contributed by atoms with Gasteiger partial charge in [-0.25, -0.2) is 0 Å². The predicted molar refractivity (Wildman–Crippen MR) is 110 cm³/mol. The van der Waals surface area contributed by atoms with Crippen molar-refractivity contribution in [2.45, 2.75) is 50.7 Å². The highest BCUT2D eigenvalue weighted by Gasteiger charge is 2.21. The molecule has 0 amide bonds. The number of hydrogen-bond donors (Lipinski definition) is 1. The first-order valence-corrected chi connectivity index (χ1v) is 9.40. The van der Waals surface area contributed by atoms with Gasteiger partial charge in [0.25, 0.3) is 0 Å². The average molecular weight is 457 g/mol. The van der Waals surface area contributed by atoms with Crippen LogP contribution in [0.2, 0.25) is 0 Å². The van der Waals surface area contributed by atoms with Crippen molar-refractivity contribution in [2.75, 3.05) is 39.5 Å². The zero-order valence-electron chi connectivity index (χ0n) is 14.7. The number of rotatable bonds is 8. The van der Waals surface area contributed by atoms with Crippen LogP contribution in [-0.4, -0.2) is 61.6 Å². The molecule has 0 saturated carbocycles. The van der Waals surface area contributed by atoms with Gasteiger partial charge in [0.1, 0.15) is 0 Å². The van der Waals surface area contributed by atoms with Gasteiger partial charge in [0.05, 0.1) is 7.11 Å². The molecule has 1 heterocycles. The minimum Gasteiger partial charge on any atom is -0.469 e. The summed E-state index contributed by atoms with van der Waals surface area (Å²) < 4.78 is 4.63. The van der Waals surface area contributed by atoms with Crippen molar-refractivity contribution in [1.82, 2.24) is 10.2 Å². The van der Waals surface area contributed by atoms with E-state index in [9.17, 15) is 4.79 Å². The van der Waals surface area contributed by atoms with Crippen LogP contribution in [0.3, 0.4) is 0 Å². The van der Waals surface area contributed by atoms with Crippen LogP contribution in [0, 0.1) is 0 Å². The Bertz CT molecular complexity index is 356. The highest BCUT2D eigenvalue weighted by Crippen LogP contribution is 2.20. The van der Waals surface area contributed by atoms with Crippen LogP contribution in [-0.2, 0) is 9.53 Å². The Morgan fingerprint density at radius 3 is 2.74 bits per heavy atom. The van der Waals surface area contributed by atoms with Gasteiger partial charge < -0.3 is 15.0 Å². The van der Waals surface area contributed by atoms with Crippen molar-refractivity contribution < 1.29 is 9.53 Å². The molecule has 1 aliphatic heterocycles. The molecule has 136 valence electrons. The highest BCUT2D eigenvalue weighted by molar-refractivity contribution is 14.0. The van der Waals surface area contributed by atoms with Gasteiger partial charge in [0, 0.05) is 44.1 Å². The first-order valence-electron chi connectivity index (χ1n) is 8.35. The first-order chi connectivity index (χ1) is 10.7. The second-order valence-electron chi connectivity index (χ2n) is 5.56. The number of carbonyl (C=O) groups excluding carboxylic acids is 1. The Balaban J connectivity index is 0.00000484. The van der Waals surface area contributed by atoms with E-state index in [2.05, 4.69) is 38.6 Å². The number of carbonyl (C=O) groups is 1. The molecule has 5 nitrogen and oxygen atoms in total. The Morgan fingerprint density at radius 2 is 2.09 bits per heavy atom. The number of nitrogens with one attached hydrogen (secondary N) is 1. The zero-order valence-corrected chi connectivity index (χ0v) is 17.8. The summed E-state index contributed by atoms with van der Waals surface area (Å²) in [5.41, 5.74) is 0. The van der Waals surface area contributed by atoms with E-state index in [1.807, 2.05) is 7.05 Å². The minimum absolute atomic E-state index is 0. The molecule has 0 aromatic heterocycles. The fourth-order valence-electron chi connectivity index (χ4n) is 2.54. The van der Waals surface area contributed by atoms with Crippen LogP contribution in [0.1, 0.15) is 45.4 Å². The van der Waals surface area contributed by atoms with E-state index >= 15 is 0 Å². The SMILES string of the molecule is CCC1CN(C(=NC)NCCCCCCC(=O)OC)CCS1.I. The second kappa shape index (κ2) is 14.2.